The van der Waals surface area contributed by atoms with Crippen LogP contribution < -0.4 is 8.37 Å². The Morgan fingerprint density at radius 3 is 2.86 bits per heavy atom. The molecule has 0 N–H and O–H groups in total. The normalized spacial score (nSPS) is 16.6. The van der Waals surface area contributed by atoms with Gasteiger partial charge in [0.25, 0.3) is 0 Å². The molecule has 0 amide bonds. The molecule has 0 aromatic carbocycles. The Kier molecular flexibility index (Phi) is 1.75. The predicted molar refractivity (Wildman–Crippen MR) is 49.2 cm³/mol. The standard InChI is InChI=1S/C8H7NO4S/c1-3-6-5(2)8-7(4-9-6)12-14(10,11)13-8/h3-4H,1H2,2H3. The van der Waals surface area contributed by atoms with Crippen LogP contribution >= 0.6 is 0 Å². The second kappa shape index (κ2) is 2.71. The molecule has 0 radical (unpaired) electrons. The fraction of sp³-hybridized carbons (Fsp3) is 0.125. The molecule has 1 aromatic rings. The first-order chi connectivity index (χ1) is 6.53. The van der Waals surface area contributed by atoms with Crippen molar-refractivity contribution >= 4 is 16.5 Å². The molecule has 0 atom stereocenters. The maximum Gasteiger partial charge on any atom is 0.501 e. The summed E-state index contributed by atoms with van der Waals surface area (Å²) in [6, 6.07) is 0. The molecule has 0 bridgehead atoms. The fourth-order valence-electron chi connectivity index (χ4n) is 1.18. The van der Waals surface area contributed by atoms with Crippen LogP contribution in [0.4, 0.5) is 0 Å². The number of hydrogen-bond acceptors (Lipinski definition) is 5. The number of hydrogen-bond donors (Lipinski definition) is 0. The van der Waals surface area contributed by atoms with Crippen LogP contribution in [0.25, 0.3) is 6.08 Å². The van der Waals surface area contributed by atoms with E-state index in [-0.39, 0.29) is 11.5 Å². The van der Waals surface area contributed by atoms with E-state index in [1.54, 1.807) is 6.92 Å². The van der Waals surface area contributed by atoms with Crippen molar-refractivity contribution < 1.29 is 16.8 Å². The van der Waals surface area contributed by atoms with Gasteiger partial charge >= 0.3 is 10.4 Å². The predicted octanol–water partition coefficient (Wildman–Crippen LogP) is 1.05. The highest BCUT2D eigenvalue weighted by Gasteiger charge is 2.31. The van der Waals surface area contributed by atoms with E-state index in [2.05, 4.69) is 19.9 Å². The summed E-state index contributed by atoms with van der Waals surface area (Å²) < 4.78 is 31.0. The van der Waals surface area contributed by atoms with Gasteiger partial charge in [-0.2, -0.15) is 0 Å². The molecule has 0 fully saturated rings. The Morgan fingerprint density at radius 1 is 1.50 bits per heavy atom. The van der Waals surface area contributed by atoms with E-state index in [1.165, 1.54) is 12.3 Å². The number of pyridine rings is 1. The van der Waals surface area contributed by atoms with E-state index in [9.17, 15) is 8.42 Å². The third-order valence-corrected chi connectivity index (χ3v) is 2.59. The molecule has 0 saturated heterocycles. The molecular formula is C8H7NO4S. The molecular weight excluding hydrogens is 206 g/mol. The van der Waals surface area contributed by atoms with Crippen LogP contribution in [0.2, 0.25) is 0 Å². The van der Waals surface area contributed by atoms with Crippen molar-refractivity contribution in [2.75, 3.05) is 0 Å². The van der Waals surface area contributed by atoms with Gasteiger partial charge in [0.15, 0.2) is 5.75 Å². The van der Waals surface area contributed by atoms with Gasteiger partial charge in [-0.15, -0.1) is 8.42 Å². The summed E-state index contributed by atoms with van der Waals surface area (Å²) in [6.45, 7) is 5.23. The molecule has 14 heavy (non-hydrogen) atoms. The van der Waals surface area contributed by atoms with Crippen molar-refractivity contribution in [3.63, 3.8) is 0 Å². The van der Waals surface area contributed by atoms with Crippen LogP contribution in [0.1, 0.15) is 11.3 Å². The van der Waals surface area contributed by atoms with Gasteiger partial charge in [0.1, 0.15) is 0 Å². The highest BCUT2D eigenvalue weighted by Crippen LogP contribution is 2.38. The lowest BCUT2D eigenvalue weighted by molar-refractivity contribution is 0.436. The molecule has 1 aliphatic rings. The van der Waals surface area contributed by atoms with Crippen LogP contribution in [0.15, 0.2) is 12.8 Å². The second-order valence-electron chi connectivity index (χ2n) is 2.74. The van der Waals surface area contributed by atoms with Crippen LogP contribution in [0, 0.1) is 6.92 Å². The van der Waals surface area contributed by atoms with Gasteiger partial charge in [0.05, 0.1) is 11.9 Å². The van der Waals surface area contributed by atoms with Crippen LogP contribution in [0.5, 0.6) is 11.5 Å². The topological polar surface area (TPSA) is 65.5 Å². The van der Waals surface area contributed by atoms with Gasteiger partial charge in [-0.05, 0) is 13.0 Å². The monoisotopic (exact) mass is 213 g/mol. The molecule has 1 aliphatic heterocycles. The molecule has 2 rings (SSSR count). The van der Waals surface area contributed by atoms with Gasteiger partial charge in [-0.3, -0.25) is 4.98 Å². The van der Waals surface area contributed by atoms with E-state index >= 15 is 0 Å². The Hall–Kier alpha value is -1.56. The molecule has 1 aromatic heterocycles. The van der Waals surface area contributed by atoms with E-state index in [0.717, 1.165) is 0 Å². The van der Waals surface area contributed by atoms with Gasteiger partial charge in [-0.1, -0.05) is 6.58 Å². The SMILES string of the molecule is C=Cc1ncc2c(c1C)OS(=O)(=O)O2. The molecule has 5 nitrogen and oxygen atoms in total. The number of nitrogens with zero attached hydrogens (tertiary/aromatic N) is 1. The van der Waals surface area contributed by atoms with Crippen LogP contribution in [-0.2, 0) is 10.4 Å². The van der Waals surface area contributed by atoms with Crippen LogP contribution in [-0.4, -0.2) is 13.4 Å². The molecule has 0 unspecified atom stereocenters. The molecule has 2 heterocycles. The summed E-state index contributed by atoms with van der Waals surface area (Å²) in [5.41, 5.74) is 1.17. The lowest BCUT2D eigenvalue weighted by atomic mass is 10.2. The average Bonchev–Trinajstić information content (AvgIpc) is 2.42. The summed E-state index contributed by atoms with van der Waals surface area (Å²) in [4.78, 5) is 3.95. The number of aromatic nitrogens is 1. The highest BCUT2D eigenvalue weighted by molar-refractivity contribution is 7.82. The van der Waals surface area contributed by atoms with Crippen molar-refractivity contribution in [3.8, 4) is 11.5 Å². The Morgan fingerprint density at radius 2 is 2.21 bits per heavy atom. The summed E-state index contributed by atoms with van der Waals surface area (Å²) in [6.07, 6.45) is 2.81. The zero-order valence-corrected chi connectivity index (χ0v) is 8.17. The van der Waals surface area contributed by atoms with E-state index < -0.39 is 10.4 Å². The Labute approximate surface area is 81.3 Å². The zero-order chi connectivity index (χ0) is 10.3. The first kappa shape index (κ1) is 9.01. The maximum atomic E-state index is 10.9. The largest absolute Gasteiger partial charge is 0.501 e. The molecule has 6 heteroatoms. The van der Waals surface area contributed by atoms with Gasteiger partial charge in [0.2, 0.25) is 5.75 Å². The van der Waals surface area contributed by atoms with Crippen molar-refractivity contribution in [3.05, 3.63) is 24.0 Å². The first-order valence-corrected chi connectivity index (χ1v) is 5.13. The maximum absolute atomic E-state index is 10.9. The summed E-state index contributed by atoms with van der Waals surface area (Å²) in [7, 11) is -3.93. The zero-order valence-electron chi connectivity index (χ0n) is 7.35. The van der Waals surface area contributed by atoms with E-state index in [0.29, 0.717) is 11.3 Å². The van der Waals surface area contributed by atoms with Crippen molar-refractivity contribution in [1.29, 1.82) is 0 Å². The minimum atomic E-state index is -3.93. The summed E-state index contributed by atoms with van der Waals surface area (Å²) >= 11 is 0. The number of rotatable bonds is 1. The highest BCUT2D eigenvalue weighted by atomic mass is 32.3. The van der Waals surface area contributed by atoms with Gasteiger partial charge in [-0.25, -0.2) is 0 Å². The molecule has 0 spiro atoms. The second-order valence-corrected chi connectivity index (χ2v) is 3.89. The van der Waals surface area contributed by atoms with Crippen LogP contribution in [0.3, 0.4) is 0 Å². The summed E-state index contributed by atoms with van der Waals surface area (Å²) in [5.74, 6) is 0.308. The number of fused-ring (bicyclic) bond motifs is 1. The van der Waals surface area contributed by atoms with Gasteiger partial charge < -0.3 is 8.37 Å². The minimum Gasteiger partial charge on any atom is -0.348 e. The Balaban J connectivity index is 2.65. The fourth-order valence-corrected chi connectivity index (χ4v) is 1.97. The lowest BCUT2D eigenvalue weighted by Crippen LogP contribution is -2.08. The van der Waals surface area contributed by atoms with E-state index in [4.69, 9.17) is 0 Å². The summed E-state index contributed by atoms with van der Waals surface area (Å²) in [5, 5.41) is 0. The average molecular weight is 213 g/mol. The van der Waals surface area contributed by atoms with Crippen molar-refractivity contribution in [2.24, 2.45) is 0 Å². The van der Waals surface area contributed by atoms with Crippen molar-refractivity contribution in [2.45, 2.75) is 6.92 Å². The smallest absolute Gasteiger partial charge is 0.348 e. The minimum absolute atomic E-state index is 0.119. The quantitative estimate of drug-likeness (QED) is 0.697. The molecule has 0 aliphatic carbocycles. The third-order valence-electron chi connectivity index (χ3n) is 1.84. The van der Waals surface area contributed by atoms with Gasteiger partial charge in [0, 0.05) is 5.56 Å². The Bertz CT molecular complexity index is 506. The van der Waals surface area contributed by atoms with E-state index in [1.807, 2.05) is 0 Å². The first-order valence-electron chi connectivity index (χ1n) is 3.79. The lowest BCUT2D eigenvalue weighted by Gasteiger charge is -2.00. The molecule has 0 saturated carbocycles. The molecule has 74 valence electrons. The van der Waals surface area contributed by atoms with Crippen molar-refractivity contribution in [1.82, 2.24) is 4.98 Å². The third kappa shape index (κ3) is 1.24.